The summed E-state index contributed by atoms with van der Waals surface area (Å²) in [5.74, 6) is -2.78. The molecule has 0 saturated heterocycles. The SMILES string of the molecule is C[C@@H](NC(=O)[C@@H](N)Cc1ccc(O)cc1)C(=O)NCC(=O)N(C)[C@@H](Cc1ccccc1)C(=O)NCC(=O)CCl. The number of halogens is 1. The van der Waals surface area contributed by atoms with Crippen LogP contribution in [0.25, 0.3) is 0 Å². The molecule has 0 radical (unpaired) electrons. The van der Waals surface area contributed by atoms with E-state index in [2.05, 4.69) is 16.0 Å². The van der Waals surface area contributed by atoms with Crippen LogP contribution in [0.5, 0.6) is 5.75 Å². The zero-order chi connectivity index (χ0) is 28.9. The predicted molar refractivity (Wildman–Crippen MR) is 146 cm³/mol. The molecule has 39 heavy (non-hydrogen) atoms. The van der Waals surface area contributed by atoms with E-state index in [1.54, 1.807) is 36.4 Å². The highest BCUT2D eigenvalue weighted by atomic mass is 35.5. The van der Waals surface area contributed by atoms with Crippen molar-refractivity contribution in [2.75, 3.05) is 26.0 Å². The fraction of sp³-hybridized carbons (Fsp3) is 0.370. The second-order valence-corrected chi connectivity index (χ2v) is 9.29. The summed E-state index contributed by atoms with van der Waals surface area (Å²) in [6.07, 6.45) is 0.383. The van der Waals surface area contributed by atoms with Crippen molar-refractivity contribution in [3.8, 4) is 5.75 Å². The van der Waals surface area contributed by atoms with Crippen LogP contribution in [0.1, 0.15) is 18.1 Å². The van der Waals surface area contributed by atoms with Crippen molar-refractivity contribution in [1.82, 2.24) is 20.9 Å². The van der Waals surface area contributed by atoms with Gasteiger partial charge in [-0.1, -0.05) is 42.5 Å². The quantitative estimate of drug-likeness (QED) is 0.201. The van der Waals surface area contributed by atoms with Gasteiger partial charge in [0, 0.05) is 13.5 Å². The third-order valence-corrected chi connectivity index (χ3v) is 6.24. The average molecular weight is 560 g/mol. The van der Waals surface area contributed by atoms with Crippen LogP contribution in [-0.4, -0.2) is 83.6 Å². The Kier molecular flexibility index (Phi) is 12.4. The van der Waals surface area contributed by atoms with Gasteiger partial charge in [0.15, 0.2) is 5.78 Å². The molecule has 0 aromatic heterocycles. The molecule has 0 aliphatic carbocycles. The normalized spacial score (nSPS) is 12.9. The number of ketones is 1. The van der Waals surface area contributed by atoms with E-state index in [4.69, 9.17) is 17.3 Å². The number of nitrogens with zero attached hydrogens (tertiary/aromatic N) is 1. The molecule has 2 aromatic rings. The molecule has 0 unspecified atom stereocenters. The van der Waals surface area contributed by atoms with Crippen molar-refractivity contribution >= 4 is 41.0 Å². The van der Waals surface area contributed by atoms with Crippen LogP contribution < -0.4 is 21.7 Å². The van der Waals surface area contributed by atoms with Crippen LogP contribution in [0.15, 0.2) is 54.6 Å². The van der Waals surface area contributed by atoms with Gasteiger partial charge in [0.25, 0.3) is 0 Å². The maximum Gasteiger partial charge on any atom is 0.243 e. The fourth-order valence-electron chi connectivity index (χ4n) is 3.57. The van der Waals surface area contributed by atoms with Gasteiger partial charge in [-0.25, -0.2) is 0 Å². The van der Waals surface area contributed by atoms with E-state index < -0.39 is 48.3 Å². The minimum absolute atomic E-state index is 0.0932. The highest BCUT2D eigenvalue weighted by molar-refractivity contribution is 6.28. The first-order valence-corrected chi connectivity index (χ1v) is 12.8. The number of hydrogen-bond donors (Lipinski definition) is 5. The molecule has 0 aliphatic heterocycles. The lowest BCUT2D eigenvalue weighted by molar-refractivity contribution is -0.139. The highest BCUT2D eigenvalue weighted by Gasteiger charge is 2.28. The van der Waals surface area contributed by atoms with Crippen molar-refractivity contribution in [3.05, 3.63) is 65.7 Å². The Hall–Kier alpha value is -3.96. The van der Waals surface area contributed by atoms with Gasteiger partial charge >= 0.3 is 0 Å². The summed E-state index contributed by atoms with van der Waals surface area (Å²) in [7, 11) is 1.43. The van der Waals surface area contributed by atoms with Gasteiger partial charge in [-0.05, 0) is 36.6 Å². The van der Waals surface area contributed by atoms with E-state index >= 15 is 0 Å². The number of Topliss-reactive ketones (excluding diaryl/α,β-unsaturated/α-hetero) is 1. The third kappa shape index (κ3) is 10.4. The number of carbonyl (C=O) groups excluding carboxylic acids is 5. The van der Waals surface area contributed by atoms with Crippen molar-refractivity contribution in [2.24, 2.45) is 5.73 Å². The molecule has 11 nitrogen and oxygen atoms in total. The van der Waals surface area contributed by atoms with E-state index in [0.29, 0.717) is 0 Å². The maximum absolute atomic E-state index is 12.9. The van der Waals surface area contributed by atoms with Gasteiger partial charge < -0.3 is 31.7 Å². The van der Waals surface area contributed by atoms with E-state index in [0.717, 1.165) is 11.1 Å². The first kappa shape index (κ1) is 31.3. The molecule has 12 heteroatoms. The Morgan fingerprint density at radius 3 is 2.08 bits per heavy atom. The molecule has 6 N–H and O–H groups in total. The second kappa shape index (κ2) is 15.5. The smallest absolute Gasteiger partial charge is 0.243 e. The topological polar surface area (TPSA) is 171 Å². The molecule has 0 aliphatic rings. The number of amides is 4. The van der Waals surface area contributed by atoms with E-state index in [9.17, 15) is 29.1 Å². The molecule has 0 fully saturated rings. The highest BCUT2D eigenvalue weighted by Crippen LogP contribution is 2.11. The Balaban J connectivity index is 1.93. The Labute approximate surface area is 232 Å². The Morgan fingerprint density at radius 1 is 0.872 bits per heavy atom. The van der Waals surface area contributed by atoms with Gasteiger partial charge in [-0.2, -0.15) is 0 Å². The summed E-state index contributed by atoms with van der Waals surface area (Å²) in [4.78, 5) is 63.4. The number of rotatable bonds is 14. The van der Waals surface area contributed by atoms with Gasteiger partial charge in [0.05, 0.1) is 25.0 Å². The molecular formula is C27H34ClN5O6. The fourth-order valence-corrected chi connectivity index (χ4v) is 3.67. The lowest BCUT2D eigenvalue weighted by Crippen LogP contribution is -2.54. The predicted octanol–water partition coefficient (Wildman–Crippen LogP) is -0.123. The number of carbonyl (C=O) groups is 5. The molecular weight excluding hydrogens is 526 g/mol. The number of phenolic OH excluding ortho intramolecular Hbond substituents is 1. The summed E-state index contributed by atoms with van der Waals surface area (Å²) < 4.78 is 0. The number of hydrogen-bond acceptors (Lipinski definition) is 7. The van der Waals surface area contributed by atoms with Crippen molar-refractivity contribution in [1.29, 1.82) is 0 Å². The van der Waals surface area contributed by atoms with Crippen molar-refractivity contribution in [2.45, 2.75) is 37.9 Å². The first-order chi connectivity index (χ1) is 18.5. The largest absolute Gasteiger partial charge is 0.508 e. The van der Waals surface area contributed by atoms with Crippen LogP contribution in [-0.2, 0) is 36.8 Å². The number of nitrogens with one attached hydrogen (secondary N) is 3. The number of alkyl halides is 1. The lowest BCUT2D eigenvalue weighted by Gasteiger charge is -2.28. The number of benzene rings is 2. The second-order valence-electron chi connectivity index (χ2n) is 9.03. The molecule has 0 bridgehead atoms. The third-order valence-electron chi connectivity index (χ3n) is 5.94. The van der Waals surface area contributed by atoms with Crippen molar-refractivity contribution in [3.63, 3.8) is 0 Å². The minimum atomic E-state index is -0.980. The summed E-state index contributed by atoms with van der Waals surface area (Å²) in [5, 5.41) is 16.8. The summed E-state index contributed by atoms with van der Waals surface area (Å²) >= 11 is 5.50. The average Bonchev–Trinajstić information content (AvgIpc) is 2.94. The summed E-state index contributed by atoms with van der Waals surface area (Å²) in [6, 6.07) is 12.4. The van der Waals surface area contributed by atoms with Gasteiger partial charge in [-0.15, -0.1) is 11.6 Å². The molecule has 210 valence electrons. The summed E-state index contributed by atoms with van der Waals surface area (Å²) in [6.45, 7) is 0.765. The van der Waals surface area contributed by atoms with Gasteiger partial charge in [-0.3, -0.25) is 24.0 Å². The maximum atomic E-state index is 12.9. The van der Waals surface area contributed by atoms with Gasteiger partial charge in [0.1, 0.15) is 17.8 Å². The van der Waals surface area contributed by atoms with Crippen LogP contribution in [0.2, 0.25) is 0 Å². The zero-order valence-corrected chi connectivity index (χ0v) is 22.6. The van der Waals surface area contributed by atoms with E-state index in [1.165, 1.54) is 31.0 Å². The molecule has 2 rings (SSSR count). The van der Waals surface area contributed by atoms with Crippen LogP contribution in [0, 0.1) is 0 Å². The van der Waals surface area contributed by atoms with E-state index in [1.807, 2.05) is 6.07 Å². The van der Waals surface area contributed by atoms with Crippen molar-refractivity contribution < 1.29 is 29.1 Å². The van der Waals surface area contributed by atoms with Gasteiger partial charge in [0.2, 0.25) is 23.6 Å². The number of phenols is 1. The standard InChI is InChI=1S/C27H34ClN5O6/c1-17(32-26(38)22(29)12-19-8-10-20(34)11-9-19)25(37)31-16-24(36)33(2)23(13-18-6-4-3-5-7-18)27(39)30-15-21(35)14-28/h3-11,17,22-23,34H,12-16,29H2,1-2H3,(H,30,39)(H,31,37)(H,32,38)/t17-,22+,23+/m1/s1. The van der Waals surface area contributed by atoms with Crippen LogP contribution >= 0.6 is 11.6 Å². The monoisotopic (exact) mass is 559 g/mol. The molecule has 3 atom stereocenters. The van der Waals surface area contributed by atoms with Crippen LogP contribution in [0.4, 0.5) is 0 Å². The molecule has 2 aromatic carbocycles. The lowest BCUT2D eigenvalue weighted by atomic mass is 10.0. The van der Waals surface area contributed by atoms with Crippen LogP contribution in [0.3, 0.4) is 0 Å². The Bertz CT molecular complexity index is 1150. The number of likely N-dealkylation sites (N-methyl/N-ethyl adjacent to an activating group) is 1. The first-order valence-electron chi connectivity index (χ1n) is 12.3. The molecule has 0 spiro atoms. The zero-order valence-electron chi connectivity index (χ0n) is 21.9. The minimum Gasteiger partial charge on any atom is -0.508 e. The molecule has 0 saturated carbocycles. The summed E-state index contributed by atoms with van der Waals surface area (Å²) in [5.41, 5.74) is 7.48. The molecule has 0 heterocycles. The van der Waals surface area contributed by atoms with E-state index in [-0.39, 0.29) is 36.8 Å². The molecule has 4 amide bonds. The number of nitrogens with two attached hydrogens (primary N) is 1. The number of aromatic hydroxyl groups is 1. The Morgan fingerprint density at radius 2 is 1.46 bits per heavy atom.